The topological polar surface area (TPSA) is 137 Å². The number of nitrogens with zero attached hydrogens (tertiary/aromatic N) is 1. The monoisotopic (exact) mass is 644 g/mol. The van der Waals surface area contributed by atoms with Crippen molar-refractivity contribution in [2.75, 3.05) is 47.1 Å². The molecule has 4 aliphatic rings. The van der Waals surface area contributed by atoms with Crippen molar-refractivity contribution in [2.45, 2.75) is 38.1 Å². The molecule has 3 aromatic rings. The molecule has 1 aliphatic carbocycles. The molecule has 3 amide bonds. The third kappa shape index (κ3) is 8.64. The van der Waals surface area contributed by atoms with E-state index in [9.17, 15) is 14.4 Å². The molecule has 3 heterocycles. The summed E-state index contributed by atoms with van der Waals surface area (Å²) in [7, 11) is 3.14. The number of benzene rings is 3. The van der Waals surface area contributed by atoms with Crippen molar-refractivity contribution in [2.24, 2.45) is 5.92 Å². The van der Waals surface area contributed by atoms with Crippen molar-refractivity contribution in [3.8, 4) is 28.7 Å². The molecule has 3 N–H and O–H groups in total. The minimum Gasteiger partial charge on any atom is -0.493 e. The van der Waals surface area contributed by atoms with Gasteiger partial charge in [-0.2, -0.15) is 0 Å². The highest BCUT2D eigenvalue weighted by Gasteiger charge is 2.37. The summed E-state index contributed by atoms with van der Waals surface area (Å²) < 4.78 is 28.8. The summed E-state index contributed by atoms with van der Waals surface area (Å²) >= 11 is 0. The van der Waals surface area contributed by atoms with Gasteiger partial charge in [-0.25, -0.2) is 0 Å². The van der Waals surface area contributed by atoms with E-state index in [2.05, 4.69) is 16.0 Å². The number of hydrogen-bond acceptors (Lipinski definition) is 9. The van der Waals surface area contributed by atoms with Crippen LogP contribution in [0.2, 0.25) is 0 Å². The quantitative estimate of drug-likeness (QED) is 0.321. The van der Waals surface area contributed by atoms with Crippen LogP contribution in [-0.2, 0) is 22.7 Å². The van der Waals surface area contributed by atoms with Gasteiger partial charge in [-0.05, 0) is 66.3 Å². The largest absolute Gasteiger partial charge is 0.493 e. The predicted molar refractivity (Wildman–Crippen MR) is 172 cm³/mol. The second-order valence-corrected chi connectivity index (χ2v) is 12.1. The van der Waals surface area contributed by atoms with Gasteiger partial charge in [-0.3, -0.25) is 19.3 Å². The van der Waals surface area contributed by atoms with Gasteiger partial charge in [0.05, 0.1) is 33.4 Å². The highest BCUT2D eigenvalue weighted by Crippen LogP contribution is 2.31. The highest BCUT2D eigenvalue weighted by atomic mass is 16.5. The number of amides is 3. The summed E-state index contributed by atoms with van der Waals surface area (Å²) in [5, 5.41) is 8.94. The zero-order valence-corrected chi connectivity index (χ0v) is 26.6. The van der Waals surface area contributed by atoms with Gasteiger partial charge in [0.1, 0.15) is 23.4 Å². The zero-order chi connectivity index (χ0) is 32.8. The van der Waals surface area contributed by atoms with Gasteiger partial charge in [0, 0.05) is 37.8 Å². The van der Waals surface area contributed by atoms with Crippen molar-refractivity contribution in [3.05, 3.63) is 77.4 Å². The van der Waals surface area contributed by atoms with Crippen LogP contribution >= 0.6 is 0 Å². The van der Waals surface area contributed by atoms with E-state index < -0.39 is 12.1 Å². The molecule has 12 heteroatoms. The van der Waals surface area contributed by atoms with E-state index in [1.165, 1.54) is 0 Å². The number of hydrogen-bond donors (Lipinski definition) is 3. The predicted octanol–water partition coefficient (Wildman–Crippen LogP) is 2.68. The Morgan fingerprint density at radius 2 is 1.77 bits per heavy atom. The van der Waals surface area contributed by atoms with Crippen molar-refractivity contribution in [1.29, 1.82) is 0 Å². The number of likely N-dealkylation sites (tertiary alicyclic amines) is 1. The van der Waals surface area contributed by atoms with Crippen molar-refractivity contribution >= 4 is 17.7 Å². The lowest BCUT2D eigenvalue weighted by Gasteiger charge is -2.22. The number of fused-ring (bicyclic) bond motifs is 7. The van der Waals surface area contributed by atoms with Crippen molar-refractivity contribution < 1.29 is 38.1 Å². The second-order valence-electron chi connectivity index (χ2n) is 12.1. The summed E-state index contributed by atoms with van der Waals surface area (Å²) in [6, 6.07) is 17.5. The van der Waals surface area contributed by atoms with Crippen LogP contribution in [0.3, 0.4) is 0 Å². The molecule has 0 radical (unpaired) electrons. The molecule has 12 nitrogen and oxygen atoms in total. The van der Waals surface area contributed by atoms with Gasteiger partial charge in [0.15, 0.2) is 18.1 Å². The smallest absolute Gasteiger partial charge is 0.258 e. The fourth-order valence-corrected chi connectivity index (χ4v) is 5.57. The molecule has 2 fully saturated rings. The molecular formula is C35H40N4O8. The number of carbonyl (C=O) groups is 3. The van der Waals surface area contributed by atoms with Crippen molar-refractivity contribution in [1.82, 2.24) is 20.9 Å². The van der Waals surface area contributed by atoms with Crippen LogP contribution < -0.4 is 39.6 Å². The first-order chi connectivity index (χ1) is 22.8. The Kier molecular flexibility index (Phi) is 9.96. The molecular weight excluding hydrogens is 604 g/mol. The maximum atomic E-state index is 13.7. The highest BCUT2D eigenvalue weighted by molar-refractivity contribution is 5.95. The summed E-state index contributed by atoms with van der Waals surface area (Å²) in [6.07, 6.45) is 1.82. The van der Waals surface area contributed by atoms with Gasteiger partial charge < -0.3 is 39.6 Å². The van der Waals surface area contributed by atoms with Gasteiger partial charge in [-0.15, -0.1) is 0 Å². The van der Waals surface area contributed by atoms with Crippen LogP contribution in [0.4, 0.5) is 0 Å². The van der Waals surface area contributed by atoms with E-state index in [-0.39, 0.29) is 30.9 Å². The van der Waals surface area contributed by atoms with Gasteiger partial charge in [0.2, 0.25) is 5.91 Å². The normalized spacial score (nSPS) is 19.7. The van der Waals surface area contributed by atoms with E-state index in [1.807, 2.05) is 41.3 Å². The number of methoxy groups -OCH3 is 2. The third-order valence-corrected chi connectivity index (χ3v) is 8.36. The van der Waals surface area contributed by atoms with Crippen LogP contribution in [0.25, 0.3) is 0 Å². The van der Waals surface area contributed by atoms with E-state index in [1.54, 1.807) is 38.5 Å². The number of ether oxygens (including phenoxy) is 5. The molecule has 47 heavy (non-hydrogen) atoms. The number of nitrogens with one attached hydrogen (secondary N) is 3. The van der Waals surface area contributed by atoms with Crippen molar-refractivity contribution in [3.63, 3.8) is 0 Å². The maximum Gasteiger partial charge on any atom is 0.258 e. The SMILES string of the molecule is COc1ccc(CNC(=O)CN2C[C@@H]3NC(=O)c4cc(cc(OCC5CC5)c4)OCC(=O)NCc4ccc(cc4)O[C@H]3C2)cc1OC. The standard InChI is InChI=1S/C35H40N4O8/c1-43-30-10-7-24(11-31(30)44-2)16-36-33(40)19-39-17-29-32(18-39)47-26-8-5-22(6-9-26)15-37-34(41)21-46-28-13-25(35(42)38-29)12-27(14-28)45-20-23-3-4-23/h5-14,23,29,32H,3-4,15-21H2,1-2H3,(H,36,40)(H,37,41)(H,38,42)/t29-,32-/m0/s1. The van der Waals surface area contributed by atoms with E-state index in [0.717, 1.165) is 24.0 Å². The molecule has 2 atom stereocenters. The molecule has 0 unspecified atom stereocenters. The van der Waals surface area contributed by atoms with Gasteiger partial charge >= 0.3 is 0 Å². The Labute approximate surface area is 273 Å². The average Bonchev–Trinajstić information content (AvgIpc) is 3.85. The Morgan fingerprint density at radius 1 is 0.957 bits per heavy atom. The minimum absolute atomic E-state index is 0.126. The number of carbonyl (C=O) groups excluding carboxylic acids is 3. The fraction of sp³-hybridized carbons (Fsp3) is 0.400. The maximum absolute atomic E-state index is 13.7. The summed E-state index contributed by atoms with van der Waals surface area (Å²) in [4.78, 5) is 41.1. The van der Waals surface area contributed by atoms with Gasteiger partial charge in [-0.1, -0.05) is 18.2 Å². The van der Waals surface area contributed by atoms with Gasteiger partial charge in [0.25, 0.3) is 11.8 Å². The van der Waals surface area contributed by atoms with Crippen LogP contribution in [-0.4, -0.2) is 81.8 Å². The molecule has 4 bridgehead atoms. The summed E-state index contributed by atoms with van der Waals surface area (Å²) in [5.41, 5.74) is 2.11. The lowest BCUT2D eigenvalue weighted by molar-refractivity contribution is -0.123. The van der Waals surface area contributed by atoms with E-state index in [4.69, 9.17) is 23.7 Å². The molecule has 1 saturated carbocycles. The first-order valence-corrected chi connectivity index (χ1v) is 15.8. The van der Waals surface area contributed by atoms with Crippen LogP contribution in [0.5, 0.6) is 28.7 Å². The van der Waals surface area contributed by atoms with Crippen LogP contribution in [0.15, 0.2) is 60.7 Å². The Hall–Kier alpha value is -4.97. The van der Waals surface area contributed by atoms with Crippen LogP contribution in [0.1, 0.15) is 34.3 Å². The molecule has 3 aliphatic heterocycles. The fourth-order valence-electron chi connectivity index (χ4n) is 5.57. The third-order valence-electron chi connectivity index (χ3n) is 8.36. The minimum atomic E-state index is -0.427. The summed E-state index contributed by atoms with van der Waals surface area (Å²) in [5.74, 6) is 2.42. The lowest BCUT2D eigenvalue weighted by atomic mass is 10.1. The molecule has 1 saturated heterocycles. The zero-order valence-electron chi connectivity index (χ0n) is 26.6. The first kappa shape index (κ1) is 32.0. The molecule has 248 valence electrons. The Morgan fingerprint density at radius 3 is 2.53 bits per heavy atom. The van der Waals surface area contributed by atoms with E-state index in [0.29, 0.717) is 73.0 Å². The molecule has 3 aromatic carbocycles. The molecule has 7 rings (SSSR count). The Balaban J connectivity index is 1.17. The lowest BCUT2D eigenvalue weighted by Crippen LogP contribution is -2.45. The first-order valence-electron chi connectivity index (χ1n) is 15.8. The summed E-state index contributed by atoms with van der Waals surface area (Å²) in [6.45, 7) is 1.95. The molecule has 0 spiro atoms. The second kappa shape index (κ2) is 14.6. The van der Waals surface area contributed by atoms with Crippen LogP contribution in [0, 0.1) is 5.92 Å². The number of rotatable bonds is 9. The average molecular weight is 645 g/mol. The molecule has 0 aromatic heterocycles. The Bertz CT molecular complexity index is 1590. The van der Waals surface area contributed by atoms with E-state index >= 15 is 0 Å².